The molecule has 7 nitrogen and oxygen atoms in total. The number of carbonyl (C=O) groups excluding carboxylic acids is 1. The molecule has 4 rings (SSSR count). The summed E-state index contributed by atoms with van der Waals surface area (Å²) in [6.07, 6.45) is 1.14. The van der Waals surface area contributed by atoms with Gasteiger partial charge in [-0.3, -0.25) is 14.6 Å². The van der Waals surface area contributed by atoms with Gasteiger partial charge in [-0.25, -0.2) is 0 Å². The minimum Gasteiger partial charge on any atom is -0.384 e. The predicted molar refractivity (Wildman–Crippen MR) is 69.8 cm³/mol. The number of ketones is 1. The van der Waals surface area contributed by atoms with Gasteiger partial charge in [0.2, 0.25) is 5.56 Å². The molecule has 0 bridgehead atoms. The average molecular weight is 273 g/mol. The third kappa shape index (κ3) is 1.57. The number of aliphatic hydroxyl groups is 1. The molecule has 1 aliphatic carbocycles. The fraction of sp³-hybridized carbons (Fsp3) is 0.308. The summed E-state index contributed by atoms with van der Waals surface area (Å²) in [4.78, 5) is 31.8. The summed E-state index contributed by atoms with van der Waals surface area (Å²) in [5.74, 6) is 0.370. The van der Waals surface area contributed by atoms with Gasteiger partial charge in [-0.05, 0) is 6.07 Å². The minimum atomic E-state index is -0.887. The van der Waals surface area contributed by atoms with E-state index in [0.29, 0.717) is 11.5 Å². The first-order valence-electron chi connectivity index (χ1n) is 6.25. The number of aromatic nitrogens is 1. The number of fused-ring (bicyclic) bond motifs is 2. The second kappa shape index (κ2) is 3.87. The number of hydrogen-bond donors (Lipinski definition) is 2. The van der Waals surface area contributed by atoms with Crippen molar-refractivity contribution in [2.45, 2.75) is 18.3 Å². The number of anilines is 1. The molecular weight excluding hydrogens is 262 g/mol. The molecule has 2 N–H and O–H groups in total. The van der Waals surface area contributed by atoms with E-state index in [4.69, 9.17) is 4.74 Å². The fourth-order valence-electron chi connectivity index (χ4n) is 2.62. The number of H-pyrrole nitrogens is 1. The highest BCUT2D eigenvalue weighted by Gasteiger charge is 2.54. The highest BCUT2D eigenvalue weighted by atomic mass is 16.6. The zero-order valence-electron chi connectivity index (χ0n) is 10.3. The summed E-state index contributed by atoms with van der Waals surface area (Å²) >= 11 is 0. The molecule has 3 atom stereocenters. The molecule has 3 unspecified atom stereocenters. The smallest absolute Gasteiger partial charge is 0.249 e. The maximum Gasteiger partial charge on any atom is 0.249 e. The molecule has 0 aromatic carbocycles. The Morgan fingerprint density at radius 2 is 2.25 bits per heavy atom. The number of nitrogens with one attached hydrogen (secondary N) is 1. The summed E-state index contributed by atoms with van der Waals surface area (Å²) in [5, 5.41) is 10.2. The highest BCUT2D eigenvalue weighted by molar-refractivity contribution is 5.99. The predicted octanol–water partition coefficient (Wildman–Crippen LogP) is -0.834. The molecule has 1 saturated heterocycles. The molecule has 0 amide bonds. The Morgan fingerprint density at radius 1 is 1.40 bits per heavy atom. The van der Waals surface area contributed by atoms with Crippen molar-refractivity contribution in [1.29, 1.82) is 0 Å². The largest absolute Gasteiger partial charge is 0.384 e. The van der Waals surface area contributed by atoms with Crippen molar-refractivity contribution in [3.05, 3.63) is 39.8 Å². The van der Waals surface area contributed by atoms with E-state index in [1.54, 1.807) is 17.2 Å². The van der Waals surface area contributed by atoms with Crippen LogP contribution in [-0.2, 0) is 9.53 Å². The summed E-state index contributed by atoms with van der Waals surface area (Å²) in [6.45, 7) is 0.237. The van der Waals surface area contributed by atoms with Crippen molar-refractivity contribution in [2.75, 3.05) is 11.6 Å². The molecule has 3 aliphatic rings. The van der Waals surface area contributed by atoms with E-state index in [0.717, 1.165) is 5.56 Å². The Hall–Kier alpha value is -2.25. The Kier molecular flexibility index (Phi) is 2.24. The van der Waals surface area contributed by atoms with Crippen LogP contribution in [0, 0.1) is 0 Å². The first-order valence-corrected chi connectivity index (χ1v) is 6.25. The van der Waals surface area contributed by atoms with Crippen molar-refractivity contribution in [3.8, 4) is 0 Å². The van der Waals surface area contributed by atoms with Gasteiger partial charge >= 0.3 is 0 Å². The Labute approximate surface area is 113 Å². The minimum absolute atomic E-state index is 0.162. The molecule has 0 saturated carbocycles. The van der Waals surface area contributed by atoms with Crippen molar-refractivity contribution >= 4 is 17.8 Å². The average Bonchev–Trinajstić information content (AvgIpc) is 3.23. The first kappa shape index (κ1) is 11.6. The Morgan fingerprint density at radius 3 is 3.10 bits per heavy atom. The van der Waals surface area contributed by atoms with Crippen LogP contribution in [0.2, 0.25) is 0 Å². The van der Waals surface area contributed by atoms with Crippen LogP contribution in [0.3, 0.4) is 0 Å². The third-order valence-electron chi connectivity index (χ3n) is 3.67. The maximum absolute atomic E-state index is 11.8. The van der Waals surface area contributed by atoms with Gasteiger partial charge in [-0.15, -0.1) is 0 Å². The van der Waals surface area contributed by atoms with Crippen LogP contribution in [0.15, 0.2) is 33.7 Å². The van der Waals surface area contributed by atoms with Gasteiger partial charge in [-0.1, -0.05) is 0 Å². The van der Waals surface area contributed by atoms with Crippen LogP contribution in [0.1, 0.15) is 5.56 Å². The first-order chi connectivity index (χ1) is 9.65. The molecule has 3 heterocycles. The molecule has 7 heteroatoms. The highest BCUT2D eigenvalue weighted by Crippen LogP contribution is 2.37. The quantitative estimate of drug-likeness (QED) is 0.650. The standard InChI is InChI=1S/C13H11N3O4/c17-8-3-7(10(19)12-11(8)20-12)16-5-14-4-6-1-2-9(18)15-13(6)16/h1-4,10-12,19H,5H2,(H,15,18). The van der Waals surface area contributed by atoms with Gasteiger partial charge in [0, 0.05) is 23.9 Å². The lowest BCUT2D eigenvalue weighted by molar-refractivity contribution is -0.116. The van der Waals surface area contributed by atoms with Crippen molar-refractivity contribution in [3.63, 3.8) is 0 Å². The molecule has 102 valence electrons. The normalized spacial score (nSPS) is 30.6. The van der Waals surface area contributed by atoms with Crippen LogP contribution < -0.4 is 10.5 Å². The number of ether oxygens (including phenoxy) is 1. The van der Waals surface area contributed by atoms with Crippen LogP contribution >= 0.6 is 0 Å². The Bertz CT molecular complexity index is 721. The molecule has 2 aliphatic heterocycles. The molecule has 0 spiro atoms. The summed E-state index contributed by atoms with van der Waals surface area (Å²) in [7, 11) is 0. The number of rotatable bonds is 1. The number of epoxide rings is 1. The van der Waals surface area contributed by atoms with Gasteiger partial charge in [-0.2, -0.15) is 0 Å². The van der Waals surface area contributed by atoms with Crippen LogP contribution in [-0.4, -0.2) is 47.1 Å². The van der Waals surface area contributed by atoms with Gasteiger partial charge in [0.1, 0.15) is 30.8 Å². The van der Waals surface area contributed by atoms with Crippen molar-refractivity contribution in [2.24, 2.45) is 4.99 Å². The number of aromatic amines is 1. The number of aliphatic hydroxyl groups excluding tert-OH is 1. The third-order valence-corrected chi connectivity index (χ3v) is 3.67. The zero-order valence-corrected chi connectivity index (χ0v) is 10.3. The van der Waals surface area contributed by atoms with Crippen LogP contribution in [0.5, 0.6) is 0 Å². The number of carbonyl (C=O) groups is 1. The number of pyridine rings is 1. The molecule has 1 aromatic rings. The number of hydrogen-bond acceptors (Lipinski definition) is 6. The van der Waals surface area contributed by atoms with Crippen LogP contribution in [0.25, 0.3) is 0 Å². The van der Waals surface area contributed by atoms with E-state index in [2.05, 4.69) is 9.98 Å². The molecule has 1 fully saturated rings. The maximum atomic E-state index is 11.8. The van der Waals surface area contributed by atoms with Gasteiger partial charge in [0.25, 0.3) is 0 Å². The van der Waals surface area contributed by atoms with Gasteiger partial charge in [0.15, 0.2) is 5.78 Å². The SMILES string of the molecule is O=C1C=C(N2CN=Cc3ccc(=O)[nH]c32)C(O)C2OC12. The topological polar surface area (TPSA) is 98.3 Å². The summed E-state index contributed by atoms with van der Waals surface area (Å²) in [6, 6.07) is 3.06. The van der Waals surface area contributed by atoms with Gasteiger partial charge in [0.05, 0.1) is 5.70 Å². The van der Waals surface area contributed by atoms with Crippen molar-refractivity contribution in [1.82, 2.24) is 4.98 Å². The van der Waals surface area contributed by atoms with E-state index in [1.807, 2.05) is 0 Å². The molecule has 20 heavy (non-hydrogen) atoms. The molecular formula is C13H11N3O4. The lowest BCUT2D eigenvalue weighted by Gasteiger charge is -2.31. The van der Waals surface area contributed by atoms with E-state index < -0.39 is 18.3 Å². The second-order valence-electron chi connectivity index (χ2n) is 4.95. The number of aliphatic imine (C=N–C) groups is 1. The number of nitrogens with zero attached hydrogens (tertiary/aromatic N) is 2. The van der Waals surface area contributed by atoms with Crippen molar-refractivity contribution < 1.29 is 14.6 Å². The monoisotopic (exact) mass is 273 g/mol. The van der Waals surface area contributed by atoms with E-state index in [-0.39, 0.29) is 18.0 Å². The molecule has 1 aromatic heterocycles. The lowest BCUT2D eigenvalue weighted by atomic mass is 9.99. The summed E-state index contributed by atoms with van der Waals surface area (Å²) < 4.78 is 5.15. The Balaban J connectivity index is 1.80. The molecule has 0 radical (unpaired) electrons. The fourth-order valence-corrected chi connectivity index (χ4v) is 2.62. The van der Waals surface area contributed by atoms with E-state index in [1.165, 1.54) is 12.1 Å². The zero-order chi connectivity index (χ0) is 13.9. The van der Waals surface area contributed by atoms with E-state index in [9.17, 15) is 14.7 Å². The van der Waals surface area contributed by atoms with Crippen LogP contribution in [0.4, 0.5) is 5.82 Å². The lowest BCUT2D eigenvalue weighted by Crippen LogP contribution is -2.40. The van der Waals surface area contributed by atoms with E-state index >= 15 is 0 Å². The second-order valence-corrected chi connectivity index (χ2v) is 4.95. The summed E-state index contributed by atoms with van der Waals surface area (Å²) in [5.41, 5.74) is 0.894. The van der Waals surface area contributed by atoms with Gasteiger partial charge < -0.3 is 19.7 Å².